The van der Waals surface area contributed by atoms with E-state index in [0.29, 0.717) is 12.1 Å². The summed E-state index contributed by atoms with van der Waals surface area (Å²) in [4.78, 5) is 2.47. The van der Waals surface area contributed by atoms with Crippen molar-refractivity contribution in [2.75, 3.05) is 4.72 Å². The van der Waals surface area contributed by atoms with Crippen molar-refractivity contribution in [3.05, 3.63) is 52.5 Å². The number of halogens is 4. The molecule has 0 saturated carbocycles. The second kappa shape index (κ2) is 5.41. The lowest BCUT2D eigenvalue weighted by Gasteiger charge is -2.10. The van der Waals surface area contributed by atoms with E-state index in [-0.39, 0.29) is 10.2 Å². The first kappa shape index (κ1) is 14.8. The zero-order chi connectivity index (χ0) is 14.9. The van der Waals surface area contributed by atoms with Crippen molar-refractivity contribution in [3.63, 3.8) is 0 Å². The highest BCUT2D eigenvalue weighted by Gasteiger charge is 2.25. The molecule has 0 aliphatic carbocycles. The molecule has 0 spiro atoms. The highest BCUT2D eigenvalue weighted by atomic mass is 79.9. The minimum absolute atomic E-state index is 0.0446. The maximum absolute atomic E-state index is 13.5. The summed E-state index contributed by atoms with van der Waals surface area (Å²) in [5.41, 5.74) is 0.0446. The van der Waals surface area contributed by atoms with Crippen molar-refractivity contribution >= 4 is 31.6 Å². The van der Waals surface area contributed by atoms with E-state index in [9.17, 15) is 21.6 Å². The zero-order valence-electron chi connectivity index (χ0n) is 9.57. The van der Waals surface area contributed by atoms with Crippen molar-refractivity contribution in [2.24, 2.45) is 0 Å². The van der Waals surface area contributed by atoms with Gasteiger partial charge in [0.15, 0.2) is 4.90 Å². The van der Waals surface area contributed by atoms with E-state index in [4.69, 9.17) is 0 Å². The lowest BCUT2D eigenvalue weighted by atomic mass is 10.3. The lowest BCUT2D eigenvalue weighted by Crippen LogP contribution is -2.17. The van der Waals surface area contributed by atoms with Gasteiger partial charge in [0, 0.05) is 24.5 Å². The second-order valence-corrected chi connectivity index (χ2v) is 6.13. The van der Waals surface area contributed by atoms with Crippen LogP contribution in [0.5, 0.6) is 0 Å². The molecule has 1 aromatic carbocycles. The summed E-state index contributed by atoms with van der Waals surface area (Å²) in [5.74, 6) is -4.23. The van der Waals surface area contributed by atoms with E-state index in [1.807, 2.05) is 4.72 Å². The van der Waals surface area contributed by atoms with Crippen LogP contribution in [-0.2, 0) is 10.0 Å². The number of nitrogens with one attached hydrogen (secondary N) is 1. The Morgan fingerprint density at radius 1 is 1.15 bits per heavy atom. The molecule has 0 fully saturated rings. The van der Waals surface area contributed by atoms with Gasteiger partial charge in [0.25, 0.3) is 10.0 Å². The first-order valence-corrected chi connectivity index (χ1v) is 7.36. The Labute approximate surface area is 120 Å². The molecule has 1 N–H and O–H groups in total. The highest BCUT2D eigenvalue weighted by molar-refractivity contribution is 9.10. The molecule has 9 heteroatoms. The summed E-state index contributed by atoms with van der Waals surface area (Å²) in [6, 6.07) is 1.87. The Morgan fingerprint density at radius 2 is 1.75 bits per heavy atom. The third-order valence-electron chi connectivity index (χ3n) is 2.25. The van der Waals surface area contributed by atoms with E-state index >= 15 is 0 Å². The Balaban J connectivity index is 2.50. The van der Waals surface area contributed by atoms with Crippen LogP contribution in [0.4, 0.5) is 18.9 Å². The topological polar surface area (TPSA) is 59.1 Å². The van der Waals surface area contributed by atoms with Crippen LogP contribution in [0.25, 0.3) is 0 Å². The third-order valence-corrected chi connectivity index (χ3v) is 4.30. The van der Waals surface area contributed by atoms with Crippen molar-refractivity contribution < 1.29 is 21.6 Å². The van der Waals surface area contributed by atoms with E-state index in [1.54, 1.807) is 0 Å². The Morgan fingerprint density at radius 3 is 2.30 bits per heavy atom. The molecule has 0 amide bonds. The van der Waals surface area contributed by atoms with Gasteiger partial charge in [-0.2, -0.15) is 0 Å². The summed E-state index contributed by atoms with van der Waals surface area (Å²) in [6.07, 6.45) is 2.59. The van der Waals surface area contributed by atoms with Crippen molar-refractivity contribution in [3.8, 4) is 0 Å². The molecular weight excluding hydrogens is 361 g/mol. The highest BCUT2D eigenvalue weighted by Crippen LogP contribution is 2.26. The fourth-order valence-corrected chi connectivity index (χ4v) is 3.12. The van der Waals surface area contributed by atoms with E-state index in [2.05, 4.69) is 20.9 Å². The first-order chi connectivity index (χ1) is 9.31. The molecule has 2 aromatic rings. The maximum atomic E-state index is 13.5. The van der Waals surface area contributed by atoms with Gasteiger partial charge in [-0.25, -0.2) is 21.6 Å². The molecule has 1 heterocycles. The van der Waals surface area contributed by atoms with Crippen LogP contribution in [0.2, 0.25) is 0 Å². The molecule has 0 unspecified atom stereocenters. The number of hydrogen-bond donors (Lipinski definition) is 1. The number of rotatable bonds is 3. The Kier molecular flexibility index (Phi) is 4.00. The van der Waals surface area contributed by atoms with Crippen LogP contribution >= 0.6 is 15.9 Å². The number of hydrogen-bond acceptors (Lipinski definition) is 3. The third kappa shape index (κ3) is 2.93. The standard InChI is InChI=1S/C11H6BrF3N2O2S/c12-7-5-16-2-1-10(7)17-20(18,19)11-8(14)3-6(13)4-9(11)15/h1-5H,(H,16,17). The molecule has 20 heavy (non-hydrogen) atoms. The van der Waals surface area contributed by atoms with Crippen LogP contribution < -0.4 is 4.72 Å². The van der Waals surface area contributed by atoms with E-state index in [0.717, 1.165) is 0 Å². The van der Waals surface area contributed by atoms with Crippen molar-refractivity contribution in [1.82, 2.24) is 4.98 Å². The van der Waals surface area contributed by atoms with Gasteiger partial charge >= 0.3 is 0 Å². The summed E-state index contributed by atoms with van der Waals surface area (Å²) >= 11 is 3.03. The number of nitrogens with zero attached hydrogens (tertiary/aromatic N) is 1. The van der Waals surface area contributed by atoms with Gasteiger partial charge < -0.3 is 0 Å². The SMILES string of the molecule is O=S(=O)(Nc1ccncc1Br)c1c(F)cc(F)cc1F. The average molecular weight is 367 g/mol. The fourth-order valence-electron chi connectivity index (χ4n) is 1.44. The normalized spacial score (nSPS) is 11.4. The van der Waals surface area contributed by atoms with Gasteiger partial charge in [0.2, 0.25) is 0 Å². The number of benzene rings is 1. The quantitative estimate of drug-likeness (QED) is 0.907. The van der Waals surface area contributed by atoms with Gasteiger partial charge in [-0.05, 0) is 22.0 Å². The molecule has 106 valence electrons. The van der Waals surface area contributed by atoms with Crippen LogP contribution in [0, 0.1) is 17.5 Å². The minimum atomic E-state index is -4.54. The Hall–Kier alpha value is -1.61. The molecule has 2 rings (SSSR count). The van der Waals surface area contributed by atoms with Gasteiger partial charge in [-0.1, -0.05) is 0 Å². The number of sulfonamides is 1. The van der Waals surface area contributed by atoms with Gasteiger partial charge in [0.1, 0.15) is 17.5 Å². The Bertz CT molecular complexity index is 745. The smallest absolute Gasteiger partial charge is 0.267 e. The summed E-state index contributed by atoms with van der Waals surface area (Å²) < 4.78 is 65.9. The van der Waals surface area contributed by atoms with Crippen LogP contribution in [0.15, 0.2) is 40.0 Å². The number of anilines is 1. The zero-order valence-corrected chi connectivity index (χ0v) is 12.0. The van der Waals surface area contributed by atoms with Gasteiger partial charge in [-0.3, -0.25) is 9.71 Å². The van der Waals surface area contributed by atoms with Crippen molar-refractivity contribution in [1.29, 1.82) is 0 Å². The largest absolute Gasteiger partial charge is 0.278 e. The second-order valence-electron chi connectivity index (χ2n) is 3.66. The average Bonchev–Trinajstić information content (AvgIpc) is 2.30. The molecule has 0 aliphatic rings. The molecule has 0 bridgehead atoms. The van der Waals surface area contributed by atoms with Crippen LogP contribution in [0.3, 0.4) is 0 Å². The summed E-state index contributed by atoms with van der Waals surface area (Å²) in [7, 11) is -4.54. The summed E-state index contributed by atoms with van der Waals surface area (Å²) in [6.45, 7) is 0. The molecule has 0 saturated heterocycles. The number of aromatic nitrogens is 1. The fraction of sp³-hybridized carbons (Fsp3) is 0. The molecule has 1 aromatic heterocycles. The van der Waals surface area contributed by atoms with Crippen molar-refractivity contribution in [2.45, 2.75) is 4.90 Å². The molecule has 0 radical (unpaired) electrons. The van der Waals surface area contributed by atoms with Gasteiger partial charge in [0.05, 0.1) is 10.2 Å². The predicted octanol–water partition coefficient (Wildman–Crippen LogP) is 3.06. The molecular formula is C11H6BrF3N2O2S. The van der Waals surface area contributed by atoms with E-state index in [1.165, 1.54) is 18.5 Å². The van der Waals surface area contributed by atoms with Crippen LogP contribution in [0.1, 0.15) is 0 Å². The molecule has 4 nitrogen and oxygen atoms in total. The maximum Gasteiger partial charge on any atom is 0.267 e. The first-order valence-electron chi connectivity index (χ1n) is 5.08. The van der Waals surface area contributed by atoms with E-state index < -0.39 is 32.4 Å². The summed E-state index contributed by atoms with van der Waals surface area (Å²) in [5, 5.41) is 0. The molecule has 0 atom stereocenters. The van der Waals surface area contributed by atoms with Gasteiger partial charge in [-0.15, -0.1) is 0 Å². The molecule has 0 aliphatic heterocycles. The predicted molar refractivity (Wildman–Crippen MR) is 69.1 cm³/mol. The number of pyridine rings is 1. The monoisotopic (exact) mass is 366 g/mol. The van der Waals surface area contributed by atoms with Crippen LogP contribution in [-0.4, -0.2) is 13.4 Å². The lowest BCUT2D eigenvalue weighted by molar-refractivity contribution is 0.498. The minimum Gasteiger partial charge on any atom is -0.278 e.